The molecule has 1 saturated carbocycles. The molecule has 1 aliphatic carbocycles. The normalized spacial score (nSPS) is 42.8. The van der Waals surface area contributed by atoms with Crippen LogP contribution in [0.4, 0.5) is 4.39 Å². The maximum atomic E-state index is 13.8. The molecule has 2 saturated heterocycles. The van der Waals surface area contributed by atoms with Gasteiger partial charge in [-0.3, -0.25) is 4.90 Å². The summed E-state index contributed by atoms with van der Waals surface area (Å²) in [5, 5.41) is 3.07. The van der Waals surface area contributed by atoms with Gasteiger partial charge in [-0.05, 0) is 26.3 Å². The van der Waals surface area contributed by atoms with Crippen LogP contribution in [0.5, 0.6) is 0 Å². The first-order chi connectivity index (χ1) is 7.72. The monoisotopic (exact) mass is 228 g/mol. The van der Waals surface area contributed by atoms with Crippen molar-refractivity contribution in [2.45, 2.75) is 37.5 Å². The van der Waals surface area contributed by atoms with Crippen molar-refractivity contribution >= 4 is 0 Å². The average molecular weight is 228 g/mol. The minimum atomic E-state index is -0.669. The molecule has 3 nitrogen and oxygen atoms in total. The van der Waals surface area contributed by atoms with Gasteiger partial charge in [0.15, 0.2) is 0 Å². The highest BCUT2D eigenvalue weighted by Gasteiger charge is 2.51. The van der Waals surface area contributed by atoms with Crippen LogP contribution in [0, 0.1) is 5.41 Å². The van der Waals surface area contributed by atoms with Gasteiger partial charge < -0.3 is 10.1 Å². The Labute approximate surface area is 96.3 Å². The molecule has 2 heterocycles. The Balaban J connectivity index is 1.50. The Morgan fingerprint density at radius 2 is 2.06 bits per heavy atom. The maximum Gasteiger partial charge on any atom is 0.117 e. The summed E-state index contributed by atoms with van der Waals surface area (Å²) < 4.78 is 19.1. The van der Waals surface area contributed by atoms with E-state index in [1.807, 2.05) is 7.05 Å². The molecule has 3 fully saturated rings. The van der Waals surface area contributed by atoms with E-state index in [0.717, 1.165) is 39.1 Å². The van der Waals surface area contributed by atoms with Gasteiger partial charge in [0.1, 0.15) is 6.17 Å². The molecule has 0 bridgehead atoms. The van der Waals surface area contributed by atoms with E-state index in [2.05, 4.69) is 10.2 Å². The van der Waals surface area contributed by atoms with Gasteiger partial charge in [0.25, 0.3) is 0 Å². The lowest BCUT2D eigenvalue weighted by molar-refractivity contribution is -0.202. The van der Waals surface area contributed by atoms with Gasteiger partial charge in [0, 0.05) is 30.6 Å². The molecule has 3 atom stereocenters. The zero-order valence-corrected chi connectivity index (χ0v) is 9.92. The lowest BCUT2D eigenvalue weighted by Gasteiger charge is -2.58. The van der Waals surface area contributed by atoms with Crippen molar-refractivity contribution in [2.75, 3.05) is 33.4 Å². The van der Waals surface area contributed by atoms with Crippen LogP contribution in [0.2, 0.25) is 0 Å². The number of nitrogens with one attached hydrogen (secondary N) is 1. The van der Waals surface area contributed by atoms with E-state index in [0.29, 0.717) is 17.9 Å². The Hall–Kier alpha value is -0.190. The summed E-state index contributed by atoms with van der Waals surface area (Å²) >= 11 is 0. The quantitative estimate of drug-likeness (QED) is 0.756. The molecular formula is C12H21FN2O. The van der Waals surface area contributed by atoms with Gasteiger partial charge in [0.05, 0.1) is 13.2 Å². The number of nitrogens with zero attached hydrogens (tertiary/aromatic N) is 1. The predicted molar refractivity (Wildman–Crippen MR) is 60.2 cm³/mol. The average Bonchev–Trinajstić information content (AvgIpc) is 2.13. The van der Waals surface area contributed by atoms with Gasteiger partial charge in [-0.2, -0.15) is 0 Å². The molecule has 2 aliphatic heterocycles. The van der Waals surface area contributed by atoms with Crippen LogP contribution in [-0.2, 0) is 4.74 Å². The molecule has 3 rings (SSSR count). The summed E-state index contributed by atoms with van der Waals surface area (Å²) in [5.41, 5.74) is 0.464. The number of hydrogen-bond donors (Lipinski definition) is 1. The summed E-state index contributed by atoms with van der Waals surface area (Å²) in [6.45, 7) is 4.12. The van der Waals surface area contributed by atoms with Crippen LogP contribution in [-0.4, -0.2) is 56.5 Å². The van der Waals surface area contributed by atoms with Gasteiger partial charge >= 0.3 is 0 Å². The third kappa shape index (κ3) is 1.67. The van der Waals surface area contributed by atoms with Gasteiger partial charge in [0.2, 0.25) is 0 Å². The molecule has 0 aromatic carbocycles. The molecule has 0 amide bonds. The molecule has 3 unspecified atom stereocenters. The first-order valence-electron chi connectivity index (χ1n) is 6.36. The van der Waals surface area contributed by atoms with Gasteiger partial charge in [-0.15, -0.1) is 0 Å². The first-order valence-corrected chi connectivity index (χ1v) is 6.36. The van der Waals surface area contributed by atoms with E-state index in [9.17, 15) is 4.39 Å². The van der Waals surface area contributed by atoms with E-state index in [1.165, 1.54) is 0 Å². The Morgan fingerprint density at radius 3 is 2.56 bits per heavy atom. The van der Waals surface area contributed by atoms with E-state index < -0.39 is 6.17 Å². The molecule has 1 N–H and O–H groups in total. The third-order valence-corrected chi connectivity index (χ3v) is 4.53. The molecule has 0 aromatic heterocycles. The topological polar surface area (TPSA) is 24.5 Å². The Kier molecular flexibility index (Phi) is 2.68. The van der Waals surface area contributed by atoms with Crippen LogP contribution >= 0.6 is 0 Å². The largest absolute Gasteiger partial charge is 0.380 e. The number of hydrogen-bond acceptors (Lipinski definition) is 3. The van der Waals surface area contributed by atoms with Crippen molar-refractivity contribution in [2.24, 2.45) is 5.41 Å². The van der Waals surface area contributed by atoms with E-state index in [1.54, 1.807) is 0 Å². The lowest BCUT2D eigenvalue weighted by Crippen LogP contribution is -2.68. The SMILES string of the molecule is CNC1CCC(N2CC3(COC3)C2)CC1F. The second-order valence-electron chi connectivity index (χ2n) is 5.78. The molecule has 16 heavy (non-hydrogen) atoms. The molecular weight excluding hydrogens is 207 g/mol. The summed E-state index contributed by atoms with van der Waals surface area (Å²) in [5.74, 6) is 0. The second kappa shape index (κ2) is 3.93. The molecule has 1 spiro atoms. The minimum absolute atomic E-state index is 0.0820. The van der Waals surface area contributed by atoms with Crippen LogP contribution in [0.15, 0.2) is 0 Å². The van der Waals surface area contributed by atoms with Crippen molar-refractivity contribution in [3.8, 4) is 0 Å². The summed E-state index contributed by atoms with van der Waals surface area (Å²) in [4.78, 5) is 2.46. The van der Waals surface area contributed by atoms with E-state index in [-0.39, 0.29) is 6.04 Å². The molecule has 0 aromatic rings. The fraction of sp³-hybridized carbons (Fsp3) is 1.00. The summed E-state index contributed by atoms with van der Waals surface area (Å²) in [6.07, 6.45) is 2.16. The highest BCUT2D eigenvalue weighted by atomic mass is 19.1. The number of likely N-dealkylation sites (tertiary alicyclic amines) is 1. The highest BCUT2D eigenvalue weighted by molar-refractivity contribution is 5.03. The van der Waals surface area contributed by atoms with Crippen LogP contribution in [0.3, 0.4) is 0 Å². The number of rotatable bonds is 2. The molecule has 4 heteroatoms. The fourth-order valence-corrected chi connectivity index (χ4v) is 3.40. The number of alkyl halides is 1. The van der Waals surface area contributed by atoms with Crippen LogP contribution < -0.4 is 5.32 Å². The first kappa shape index (κ1) is 10.9. The predicted octanol–water partition coefficient (Wildman–Crippen LogP) is 0.797. The van der Waals surface area contributed by atoms with E-state index >= 15 is 0 Å². The van der Waals surface area contributed by atoms with Crippen LogP contribution in [0.1, 0.15) is 19.3 Å². The van der Waals surface area contributed by atoms with Crippen molar-refractivity contribution in [3.05, 3.63) is 0 Å². The van der Waals surface area contributed by atoms with Crippen molar-refractivity contribution < 1.29 is 9.13 Å². The minimum Gasteiger partial charge on any atom is -0.380 e. The molecule has 3 aliphatic rings. The van der Waals surface area contributed by atoms with Crippen molar-refractivity contribution in [1.29, 1.82) is 0 Å². The summed E-state index contributed by atoms with van der Waals surface area (Å²) in [6, 6.07) is 0.560. The van der Waals surface area contributed by atoms with Crippen molar-refractivity contribution in [1.82, 2.24) is 10.2 Å². The molecule has 0 radical (unpaired) electrons. The Morgan fingerprint density at radius 1 is 1.31 bits per heavy atom. The zero-order valence-electron chi connectivity index (χ0n) is 9.92. The van der Waals surface area contributed by atoms with Crippen molar-refractivity contribution in [3.63, 3.8) is 0 Å². The van der Waals surface area contributed by atoms with Crippen LogP contribution in [0.25, 0.3) is 0 Å². The molecule has 92 valence electrons. The van der Waals surface area contributed by atoms with Gasteiger partial charge in [-0.1, -0.05) is 0 Å². The summed E-state index contributed by atoms with van der Waals surface area (Å²) in [7, 11) is 1.86. The van der Waals surface area contributed by atoms with E-state index in [4.69, 9.17) is 4.74 Å². The zero-order chi connectivity index (χ0) is 11.2. The number of halogens is 1. The lowest BCUT2D eigenvalue weighted by atomic mass is 9.75. The third-order valence-electron chi connectivity index (χ3n) is 4.53. The second-order valence-corrected chi connectivity index (χ2v) is 5.78. The van der Waals surface area contributed by atoms with Gasteiger partial charge in [-0.25, -0.2) is 4.39 Å². The highest BCUT2D eigenvalue weighted by Crippen LogP contribution is 2.41. The fourth-order valence-electron chi connectivity index (χ4n) is 3.40. The maximum absolute atomic E-state index is 13.8. The smallest absolute Gasteiger partial charge is 0.117 e. The standard InChI is InChI=1S/C12H21FN2O/c1-14-11-3-2-9(4-10(11)13)15-5-12(6-15)7-16-8-12/h9-11,14H,2-8H2,1H3. The Bertz CT molecular complexity index is 262. The number of ether oxygens (including phenoxy) is 1.